The van der Waals surface area contributed by atoms with E-state index in [4.69, 9.17) is 12.2 Å². The van der Waals surface area contributed by atoms with Gasteiger partial charge in [0.1, 0.15) is 5.82 Å². The average molecular weight is 201 g/mol. The van der Waals surface area contributed by atoms with E-state index in [0.29, 0.717) is 4.77 Å². The van der Waals surface area contributed by atoms with Crippen molar-refractivity contribution in [1.82, 2.24) is 15.2 Å². The van der Waals surface area contributed by atoms with Gasteiger partial charge in [0.05, 0.1) is 4.75 Å². The summed E-state index contributed by atoms with van der Waals surface area (Å²) in [5.74, 6) is 2.22. The monoisotopic (exact) mass is 201 g/mol. The number of nitrogens with zero attached hydrogens (tertiary/aromatic N) is 1. The summed E-state index contributed by atoms with van der Waals surface area (Å²) in [4.78, 5) is 4.25. The maximum atomic E-state index is 4.91. The van der Waals surface area contributed by atoms with E-state index < -0.39 is 0 Å². The summed E-state index contributed by atoms with van der Waals surface area (Å²) in [5, 5.41) is 5.86. The Hall–Kier alpha value is -0.290. The molecule has 12 heavy (non-hydrogen) atoms. The number of nitrogens with one attached hydrogen (secondary N) is 2. The van der Waals surface area contributed by atoms with Crippen LogP contribution in [0.5, 0.6) is 0 Å². The second kappa shape index (κ2) is 2.88. The summed E-state index contributed by atoms with van der Waals surface area (Å²) in [6, 6.07) is 0. The maximum absolute atomic E-state index is 4.91. The van der Waals surface area contributed by atoms with Crippen molar-refractivity contribution in [3.63, 3.8) is 0 Å². The van der Waals surface area contributed by atoms with Gasteiger partial charge in [-0.15, -0.1) is 11.8 Å². The summed E-state index contributed by atoms with van der Waals surface area (Å²) in [6.07, 6.45) is 2.46. The van der Waals surface area contributed by atoms with Gasteiger partial charge in [0.2, 0.25) is 4.77 Å². The summed E-state index contributed by atoms with van der Waals surface area (Å²) >= 11 is 6.86. The summed E-state index contributed by atoms with van der Waals surface area (Å²) < 4.78 is 0.715. The molecule has 2 N–H and O–H groups in total. The molecule has 1 aliphatic rings. The number of H-pyrrole nitrogens is 2. The number of thioether (sulfide) groups is 1. The largest absolute Gasteiger partial charge is 0.285 e. The number of aromatic nitrogens is 3. The van der Waals surface area contributed by atoms with Gasteiger partial charge in [-0.25, -0.2) is 4.98 Å². The van der Waals surface area contributed by atoms with Crippen LogP contribution in [0.1, 0.15) is 25.6 Å². The van der Waals surface area contributed by atoms with Gasteiger partial charge in [0, 0.05) is 0 Å². The third-order valence-corrected chi connectivity index (χ3v) is 3.94. The van der Waals surface area contributed by atoms with E-state index in [1.807, 2.05) is 11.8 Å². The molecule has 1 aliphatic heterocycles. The van der Waals surface area contributed by atoms with Gasteiger partial charge in [-0.1, -0.05) is 0 Å². The highest BCUT2D eigenvalue weighted by atomic mass is 32.2. The molecule has 0 radical (unpaired) electrons. The molecular weight excluding hydrogens is 190 g/mol. The fourth-order valence-corrected chi connectivity index (χ4v) is 2.89. The van der Waals surface area contributed by atoms with Crippen molar-refractivity contribution in [2.75, 3.05) is 5.75 Å². The molecular formula is C7H11N3S2. The van der Waals surface area contributed by atoms with Gasteiger partial charge < -0.3 is 0 Å². The molecule has 1 aromatic rings. The number of hydrogen-bond acceptors (Lipinski definition) is 3. The number of hydrogen-bond donors (Lipinski definition) is 2. The first-order valence-corrected chi connectivity index (χ1v) is 5.39. The highest BCUT2D eigenvalue weighted by Crippen LogP contribution is 2.44. The second-order valence-corrected chi connectivity index (χ2v) is 5.18. The van der Waals surface area contributed by atoms with Crippen molar-refractivity contribution in [2.45, 2.75) is 24.5 Å². The molecule has 1 aromatic heterocycles. The molecule has 0 amide bonds. The molecule has 0 bridgehead atoms. The van der Waals surface area contributed by atoms with E-state index >= 15 is 0 Å². The van der Waals surface area contributed by atoms with Crippen LogP contribution in [-0.4, -0.2) is 20.9 Å². The molecule has 0 aromatic carbocycles. The third-order valence-electron chi connectivity index (χ3n) is 2.22. The third kappa shape index (κ3) is 1.31. The first-order chi connectivity index (χ1) is 5.71. The lowest BCUT2D eigenvalue weighted by atomic mass is 10.1. The van der Waals surface area contributed by atoms with Gasteiger partial charge in [0.15, 0.2) is 0 Å². The van der Waals surface area contributed by atoms with Crippen LogP contribution in [0.4, 0.5) is 0 Å². The molecule has 3 nitrogen and oxygen atoms in total. The van der Waals surface area contributed by atoms with Crippen LogP contribution in [0.3, 0.4) is 0 Å². The Labute approximate surface area is 80.3 Å². The normalized spacial score (nSPS) is 29.4. The van der Waals surface area contributed by atoms with Crippen molar-refractivity contribution in [1.29, 1.82) is 0 Å². The minimum absolute atomic E-state index is 0.160. The van der Waals surface area contributed by atoms with Crippen LogP contribution < -0.4 is 0 Å². The SMILES string of the molecule is CC1(c2nc(=S)[nH][nH]2)CCCS1. The predicted octanol–water partition coefficient (Wildman–Crippen LogP) is 2.21. The fourth-order valence-electron chi connectivity index (χ4n) is 1.49. The molecule has 1 unspecified atom stereocenters. The van der Waals surface area contributed by atoms with E-state index in [0.717, 1.165) is 5.82 Å². The molecule has 1 fully saturated rings. The first-order valence-electron chi connectivity index (χ1n) is 4.00. The van der Waals surface area contributed by atoms with Gasteiger partial charge in [0.25, 0.3) is 0 Å². The quantitative estimate of drug-likeness (QED) is 0.685. The van der Waals surface area contributed by atoms with Crippen LogP contribution in [0, 0.1) is 4.77 Å². The summed E-state index contributed by atoms with van der Waals surface area (Å²) in [7, 11) is 0. The Morgan fingerprint density at radius 3 is 2.92 bits per heavy atom. The zero-order chi connectivity index (χ0) is 8.60. The molecule has 2 heterocycles. The van der Waals surface area contributed by atoms with Crippen LogP contribution in [0.25, 0.3) is 0 Å². The van der Waals surface area contributed by atoms with Crippen LogP contribution in [0.15, 0.2) is 0 Å². The van der Waals surface area contributed by atoms with Crippen LogP contribution >= 0.6 is 24.0 Å². The molecule has 5 heteroatoms. The molecule has 0 spiro atoms. The number of aromatic amines is 2. The minimum Gasteiger partial charge on any atom is -0.285 e. The van der Waals surface area contributed by atoms with E-state index in [1.54, 1.807) is 0 Å². The molecule has 1 saturated heterocycles. The summed E-state index contributed by atoms with van der Waals surface area (Å²) in [6.45, 7) is 2.21. The van der Waals surface area contributed by atoms with Gasteiger partial charge in [-0.3, -0.25) is 10.2 Å². The maximum Gasteiger partial charge on any atom is 0.213 e. The lowest BCUT2D eigenvalue weighted by molar-refractivity contribution is 0.607. The van der Waals surface area contributed by atoms with E-state index in [9.17, 15) is 0 Å². The molecule has 66 valence electrons. The smallest absolute Gasteiger partial charge is 0.213 e. The van der Waals surface area contributed by atoms with E-state index in [2.05, 4.69) is 22.1 Å². The Morgan fingerprint density at radius 2 is 2.42 bits per heavy atom. The first kappa shape index (κ1) is 8.31. The lowest BCUT2D eigenvalue weighted by Crippen LogP contribution is -2.14. The predicted molar refractivity (Wildman–Crippen MR) is 52.8 cm³/mol. The lowest BCUT2D eigenvalue weighted by Gasteiger charge is -2.18. The minimum atomic E-state index is 0.160. The van der Waals surface area contributed by atoms with Crippen LogP contribution in [0.2, 0.25) is 0 Å². The summed E-state index contributed by atoms with van der Waals surface area (Å²) in [5.41, 5.74) is 0. The van der Waals surface area contributed by atoms with Crippen molar-refractivity contribution in [3.05, 3.63) is 10.6 Å². The molecule has 0 aliphatic carbocycles. The van der Waals surface area contributed by atoms with Crippen molar-refractivity contribution in [3.8, 4) is 0 Å². The zero-order valence-corrected chi connectivity index (χ0v) is 8.52. The van der Waals surface area contributed by atoms with Gasteiger partial charge >= 0.3 is 0 Å². The molecule has 0 saturated carbocycles. The van der Waals surface area contributed by atoms with Gasteiger partial charge in [-0.05, 0) is 37.7 Å². The van der Waals surface area contributed by atoms with Gasteiger partial charge in [-0.2, -0.15) is 0 Å². The van der Waals surface area contributed by atoms with Crippen molar-refractivity contribution >= 4 is 24.0 Å². The van der Waals surface area contributed by atoms with E-state index in [-0.39, 0.29) is 4.75 Å². The molecule has 1 atom stereocenters. The van der Waals surface area contributed by atoms with Crippen LogP contribution in [-0.2, 0) is 4.75 Å². The second-order valence-electron chi connectivity index (χ2n) is 3.20. The molecule has 2 rings (SSSR count). The topological polar surface area (TPSA) is 44.5 Å². The van der Waals surface area contributed by atoms with Crippen molar-refractivity contribution in [2.24, 2.45) is 0 Å². The number of rotatable bonds is 1. The Morgan fingerprint density at radius 1 is 1.58 bits per heavy atom. The Balaban J connectivity index is 2.34. The average Bonchev–Trinajstić information content (AvgIpc) is 2.59. The Bertz CT molecular complexity index is 321. The zero-order valence-electron chi connectivity index (χ0n) is 6.89. The van der Waals surface area contributed by atoms with Crippen molar-refractivity contribution < 1.29 is 0 Å². The fraction of sp³-hybridized carbons (Fsp3) is 0.714. The Kier molecular flexibility index (Phi) is 2.00. The van der Waals surface area contributed by atoms with E-state index in [1.165, 1.54) is 18.6 Å². The highest BCUT2D eigenvalue weighted by Gasteiger charge is 2.33. The standard InChI is InChI=1S/C7H11N3S2/c1-7(3-2-4-12-7)5-8-6(11)10-9-5/h2-4H2,1H3,(H2,8,9,10,11). The highest BCUT2D eigenvalue weighted by molar-refractivity contribution is 8.00.